The van der Waals surface area contributed by atoms with Crippen LogP contribution in [-0.4, -0.2) is 65.7 Å². The van der Waals surface area contributed by atoms with Crippen molar-refractivity contribution in [2.24, 2.45) is 0 Å². The molecular formula is C28H33N3O5. The van der Waals surface area contributed by atoms with E-state index in [4.69, 9.17) is 19.8 Å². The number of amides is 1. The maximum Gasteiger partial charge on any atom is 0.414 e. The lowest BCUT2D eigenvalue weighted by molar-refractivity contribution is -0.159. The van der Waals surface area contributed by atoms with Gasteiger partial charge in [-0.15, -0.1) is 6.58 Å². The van der Waals surface area contributed by atoms with Gasteiger partial charge in [-0.3, -0.25) is 4.79 Å². The molecule has 0 saturated carbocycles. The minimum Gasteiger partial charge on any atom is -0.473 e. The summed E-state index contributed by atoms with van der Waals surface area (Å²) in [5, 5.41) is 14.8. The van der Waals surface area contributed by atoms with Gasteiger partial charge in [0, 0.05) is 50.5 Å². The number of carboxylic acids is 2. The van der Waals surface area contributed by atoms with Crippen LogP contribution in [0.25, 0.3) is 0 Å². The highest BCUT2D eigenvalue weighted by Gasteiger charge is 2.23. The van der Waals surface area contributed by atoms with Crippen LogP contribution in [0.3, 0.4) is 0 Å². The summed E-state index contributed by atoms with van der Waals surface area (Å²) < 4.78 is 0. The van der Waals surface area contributed by atoms with Gasteiger partial charge in [0.25, 0.3) is 0 Å². The number of carbonyl (C=O) groups is 3. The summed E-state index contributed by atoms with van der Waals surface area (Å²) in [5.41, 5.74) is 6.27. The fourth-order valence-corrected chi connectivity index (χ4v) is 4.36. The average molecular weight is 492 g/mol. The summed E-state index contributed by atoms with van der Waals surface area (Å²) in [7, 11) is 0. The lowest BCUT2D eigenvalue weighted by Crippen LogP contribution is -2.44. The highest BCUT2D eigenvalue weighted by Crippen LogP contribution is 2.29. The molecule has 1 fully saturated rings. The first-order chi connectivity index (χ1) is 17.3. The zero-order valence-corrected chi connectivity index (χ0v) is 20.6. The number of carboxylic acid groups (broad SMARTS) is 2. The van der Waals surface area contributed by atoms with Gasteiger partial charge in [0.15, 0.2) is 0 Å². The summed E-state index contributed by atoms with van der Waals surface area (Å²) in [5.74, 6) is -3.45. The van der Waals surface area contributed by atoms with Crippen LogP contribution in [0.4, 0.5) is 11.4 Å². The topological polar surface area (TPSA) is 101 Å². The molecule has 2 aliphatic heterocycles. The van der Waals surface area contributed by atoms with E-state index in [1.165, 1.54) is 22.4 Å². The second-order valence-corrected chi connectivity index (χ2v) is 8.82. The number of hydrogen-bond acceptors (Lipinski definition) is 5. The van der Waals surface area contributed by atoms with E-state index in [9.17, 15) is 4.79 Å². The third-order valence-corrected chi connectivity index (χ3v) is 6.19. The standard InChI is InChI=1S/C26H31N3O.C2H2O4/c1-3-13-29-25-11-9-22(20-23(25)10-12-26(29)30)7-5-14-27-15-17-28(18-16-27)24-8-4-6-21(2)19-24;3-1(4)2(5)6/h3-6,8-9,11,14,19-20H,1,7,10,12-13,15-18H2,2H3;(H,3,4)(H,5,6)/b14-5+;. The lowest BCUT2D eigenvalue weighted by Gasteiger charge is -2.35. The van der Waals surface area contributed by atoms with Crippen LogP contribution in [0.2, 0.25) is 0 Å². The molecule has 36 heavy (non-hydrogen) atoms. The molecule has 0 unspecified atom stereocenters. The van der Waals surface area contributed by atoms with E-state index in [1.54, 1.807) is 6.08 Å². The Morgan fingerprint density at radius 2 is 1.72 bits per heavy atom. The third-order valence-electron chi connectivity index (χ3n) is 6.19. The van der Waals surface area contributed by atoms with Gasteiger partial charge in [-0.2, -0.15) is 0 Å². The van der Waals surface area contributed by atoms with Gasteiger partial charge in [0.1, 0.15) is 0 Å². The van der Waals surface area contributed by atoms with Crippen LogP contribution in [0.5, 0.6) is 0 Å². The fourth-order valence-electron chi connectivity index (χ4n) is 4.36. The molecule has 8 nitrogen and oxygen atoms in total. The van der Waals surface area contributed by atoms with Crippen LogP contribution in [0, 0.1) is 6.92 Å². The first-order valence-corrected chi connectivity index (χ1v) is 12.0. The molecule has 0 aromatic heterocycles. The second kappa shape index (κ2) is 12.6. The second-order valence-electron chi connectivity index (χ2n) is 8.82. The molecule has 190 valence electrons. The predicted molar refractivity (Wildman–Crippen MR) is 140 cm³/mol. The maximum atomic E-state index is 12.2. The number of fused-ring (bicyclic) bond motifs is 1. The smallest absolute Gasteiger partial charge is 0.414 e. The molecule has 0 radical (unpaired) electrons. The van der Waals surface area contributed by atoms with Crippen molar-refractivity contribution in [3.63, 3.8) is 0 Å². The van der Waals surface area contributed by atoms with Crippen LogP contribution >= 0.6 is 0 Å². The number of aryl methyl sites for hydroxylation is 2. The maximum absolute atomic E-state index is 12.2. The summed E-state index contributed by atoms with van der Waals surface area (Å²) in [6.45, 7) is 10.7. The number of hydrogen-bond donors (Lipinski definition) is 2. The summed E-state index contributed by atoms with van der Waals surface area (Å²) in [4.78, 5) is 37.1. The molecule has 2 aromatic carbocycles. The zero-order valence-electron chi connectivity index (χ0n) is 20.6. The molecule has 1 saturated heterocycles. The Hall–Kier alpha value is -4.07. The summed E-state index contributed by atoms with van der Waals surface area (Å²) in [6.07, 6.45) is 8.65. The molecule has 4 rings (SSSR count). The third kappa shape index (κ3) is 7.21. The molecule has 0 aliphatic carbocycles. The molecule has 0 atom stereocenters. The van der Waals surface area contributed by atoms with Crippen molar-refractivity contribution in [1.82, 2.24) is 4.90 Å². The minimum atomic E-state index is -1.82. The SMILES string of the molecule is C=CCN1C(=O)CCc2cc(C/C=C/N3CCN(c4cccc(C)c4)CC3)ccc21.O=C(O)C(=O)O. The quantitative estimate of drug-likeness (QED) is 0.471. The van der Waals surface area contributed by atoms with Gasteiger partial charge in [-0.25, -0.2) is 9.59 Å². The molecule has 2 heterocycles. The molecular weight excluding hydrogens is 458 g/mol. The largest absolute Gasteiger partial charge is 0.473 e. The Bertz CT molecular complexity index is 1120. The Morgan fingerprint density at radius 1 is 1.00 bits per heavy atom. The van der Waals surface area contributed by atoms with Crippen LogP contribution in [0.15, 0.2) is 67.4 Å². The van der Waals surface area contributed by atoms with Gasteiger partial charge in [0.2, 0.25) is 5.91 Å². The number of carbonyl (C=O) groups excluding carboxylic acids is 1. The van der Waals surface area contributed by atoms with E-state index < -0.39 is 11.9 Å². The molecule has 0 spiro atoms. The first kappa shape index (κ1) is 26.5. The number of aliphatic carboxylic acids is 2. The van der Waals surface area contributed by atoms with E-state index in [2.05, 4.69) is 78.0 Å². The van der Waals surface area contributed by atoms with E-state index in [1.807, 2.05) is 4.90 Å². The molecule has 8 heteroatoms. The number of anilines is 2. The monoisotopic (exact) mass is 491 g/mol. The van der Waals surface area contributed by atoms with Gasteiger partial charge < -0.3 is 24.9 Å². The van der Waals surface area contributed by atoms with Crippen LogP contribution < -0.4 is 9.80 Å². The number of benzene rings is 2. The zero-order chi connectivity index (χ0) is 26.1. The molecule has 2 aliphatic rings. The fraction of sp³-hybridized carbons (Fsp3) is 0.321. The van der Waals surface area contributed by atoms with Crippen LogP contribution in [-0.2, 0) is 27.2 Å². The van der Waals surface area contributed by atoms with Crippen molar-refractivity contribution >= 4 is 29.2 Å². The van der Waals surface area contributed by atoms with Gasteiger partial charge in [-0.05, 0) is 60.9 Å². The number of nitrogens with zero attached hydrogens (tertiary/aromatic N) is 3. The van der Waals surface area contributed by atoms with Crippen molar-refractivity contribution in [3.05, 3.63) is 84.1 Å². The number of rotatable bonds is 6. The average Bonchev–Trinajstić information content (AvgIpc) is 2.86. The van der Waals surface area contributed by atoms with E-state index >= 15 is 0 Å². The van der Waals surface area contributed by atoms with Crippen LogP contribution in [0.1, 0.15) is 23.1 Å². The van der Waals surface area contributed by atoms with Crippen molar-refractivity contribution in [3.8, 4) is 0 Å². The normalized spacial score (nSPS) is 15.2. The predicted octanol–water partition coefficient (Wildman–Crippen LogP) is 3.49. The molecule has 1 amide bonds. The van der Waals surface area contributed by atoms with Crippen molar-refractivity contribution in [1.29, 1.82) is 0 Å². The Morgan fingerprint density at radius 3 is 2.36 bits per heavy atom. The highest BCUT2D eigenvalue weighted by molar-refractivity contribution is 6.27. The van der Waals surface area contributed by atoms with Crippen molar-refractivity contribution in [2.75, 3.05) is 42.5 Å². The van der Waals surface area contributed by atoms with Gasteiger partial charge >= 0.3 is 11.9 Å². The lowest BCUT2D eigenvalue weighted by atomic mass is 9.97. The van der Waals surface area contributed by atoms with Crippen molar-refractivity contribution < 1.29 is 24.6 Å². The molecule has 2 aromatic rings. The Kier molecular flexibility index (Phi) is 9.27. The van der Waals surface area contributed by atoms with Gasteiger partial charge in [0.05, 0.1) is 0 Å². The van der Waals surface area contributed by atoms with E-state index in [0.717, 1.165) is 44.7 Å². The summed E-state index contributed by atoms with van der Waals surface area (Å²) in [6, 6.07) is 15.3. The summed E-state index contributed by atoms with van der Waals surface area (Å²) >= 11 is 0. The highest BCUT2D eigenvalue weighted by atomic mass is 16.4. The molecule has 2 N–H and O–H groups in total. The first-order valence-electron chi connectivity index (χ1n) is 12.0. The van der Waals surface area contributed by atoms with Crippen molar-refractivity contribution in [2.45, 2.75) is 26.2 Å². The Balaban J connectivity index is 0.000000538. The number of allylic oxidation sites excluding steroid dienone is 1. The Labute approximate surface area is 211 Å². The van der Waals surface area contributed by atoms with Gasteiger partial charge in [-0.1, -0.05) is 36.4 Å². The number of piperazine rings is 1. The van der Waals surface area contributed by atoms with E-state index in [0.29, 0.717) is 13.0 Å². The molecule has 0 bridgehead atoms. The minimum absolute atomic E-state index is 0.194. The van der Waals surface area contributed by atoms with E-state index in [-0.39, 0.29) is 5.91 Å².